The second-order valence-corrected chi connectivity index (χ2v) is 5.94. The van der Waals surface area contributed by atoms with E-state index in [0.717, 1.165) is 12.6 Å². The Kier molecular flexibility index (Phi) is 4.11. The summed E-state index contributed by atoms with van der Waals surface area (Å²) >= 11 is 0. The van der Waals surface area contributed by atoms with Crippen molar-refractivity contribution in [2.24, 2.45) is 0 Å². The van der Waals surface area contributed by atoms with Gasteiger partial charge in [0.25, 0.3) is 0 Å². The van der Waals surface area contributed by atoms with Crippen LogP contribution in [0.15, 0.2) is 18.2 Å². The van der Waals surface area contributed by atoms with Crippen LogP contribution >= 0.6 is 0 Å². The summed E-state index contributed by atoms with van der Waals surface area (Å²) in [6.07, 6.45) is 5.17. The van der Waals surface area contributed by atoms with E-state index in [2.05, 4.69) is 51.2 Å². The molecule has 0 atom stereocenters. The predicted octanol–water partition coefficient (Wildman–Crippen LogP) is 4.11. The lowest BCUT2D eigenvalue weighted by Crippen LogP contribution is -2.38. The molecule has 100 valence electrons. The summed E-state index contributed by atoms with van der Waals surface area (Å²) in [6, 6.07) is 7.82. The average molecular weight is 245 g/mol. The first kappa shape index (κ1) is 13.6. The van der Waals surface area contributed by atoms with Crippen LogP contribution in [0, 0.1) is 13.8 Å². The zero-order valence-electron chi connectivity index (χ0n) is 12.3. The van der Waals surface area contributed by atoms with Crippen LogP contribution < -0.4 is 5.32 Å². The molecule has 1 aliphatic carbocycles. The SMILES string of the molecule is CCC(CC)(CNC1CC1)c1ccc(C)c(C)c1. The molecule has 0 heterocycles. The van der Waals surface area contributed by atoms with E-state index in [4.69, 9.17) is 0 Å². The van der Waals surface area contributed by atoms with Gasteiger partial charge >= 0.3 is 0 Å². The Morgan fingerprint density at radius 2 is 1.78 bits per heavy atom. The number of aryl methyl sites for hydroxylation is 2. The summed E-state index contributed by atoms with van der Waals surface area (Å²) in [6.45, 7) is 10.2. The third kappa shape index (κ3) is 2.77. The van der Waals surface area contributed by atoms with Gasteiger partial charge in [-0.05, 0) is 56.2 Å². The quantitative estimate of drug-likeness (QED) is 0.795. The number of benzene rings is 1. The van der Waals surface area contributed by atoms with Gasteiger partial charge in [-0.15, -0.1) is 0 Å². The minimum Gasteiger partial charge on any atom is -0.313 e. The van der Waals surface area contributed by atoms with Crippen molar-refractivity contribution in [3.8, 4) is 0 Å². The lowest BCUT2D eigenvalue weighted by molar-refractivity contribution is 0.367. The minimum atomic E-state index is 0.320. The van der Waals surface area contributed by atoms with Crippen LogP contribution in [0.25, 0.3) is 0 Å². The Labute approximate surface area is 112 Å². The van der Waals surface area contributed by atoms with E-state index in [1.165, 1.54) is 42.4 Å². The first-order valence-electron chi connectivity index (χ1n) is 7.42. The van der Waals surface area contributed by atoms with Crippen LogP contribution in [-0.4, -0.2) is 12.6 Å². The molecule has 1 N–H and O–H groups in total. The number of hydrogen-bond donors (Lipinski definition) is 1. The van der Waals surface area contributed by atoms with Crippen LogP contribution in [-0.2, 0) is 5.41 Å². The van der Waals surface area contributed by atoms with Crippen molar-refractivity contribution >= 4 is 0 Å². The van der Waals surface area contributed by atoms with Crippen LogP contribution in [0.5, 0.6) is 0 Å². The molecule has 1 aliphatic rings. The molecule has 1 nitrogen and oxygen atoms in total. The fourth-order valence-electron chi connectivity index (χ4n) is 2.71. The molecule has 1 fully saturated rings. The molecule has 0 unspecified atom stereocenters. The van der Waals surface area contributed by atoms with Crippen LogP contribution in [0.2, 0.25) is 0 Å². The highest BCUT2D eigenvalue weighted by molar-refractivity contribution is 5.35. The molecule has 0 aliphatic heterocycles. The molecule has 1 heteroatoms. The third-order valence-corrected chi connectivity index (χ3v) is 4.78. The maximum atomic E-state index is 3.73. The standard InChI is InChI=1S/C17H27N/c1-5-17(6-2,12-18-16-9-10-16)15-8-7-13(3)14(4)11-15/h7-8,11,16,18H,5-6,9-10,12H2,1-4H3. The summed E-state index contributed by atoms with van der Waals surface area (Å²) in [5.41, 5.74) is 4.66. The van der Waals surface area contributed by atoms with Gasteiger partial charge in [-0.1, -0.05) is 32.0 Å². The highest BCUT2D eigenvalue weighted by Crippen LogP contribution is 2.33. The van der Waals surface area contributed by atoms with Crippen molar-refractivity contribution < 1.29 is 0 Å². The Balaban J connectivity index is 2.22. The van der Waals surface area contributed by atoms with Crippen molar-refractivity contribution in [2.75, 3.05) is 6.54 Å². The molecular weight excluding hydrogens is 218 g/mol. The second-order valence-electron chi connectivity index (χ2n) is 5.94. The summed E-state index contributed by atoms with van der Waals surface area (Å²) in [7, 11) is 0. The molecular formula is C17H27N. The molecule has 2 rings (SSSR count). The summed E-state index contributed by atoms with van der Waals surface area (Å²) < 4.78 is 0. The number of rotatable bonds is 6. The van der Waals surface area contributed by atoms with Gasteiger partial charge < -0.3 is 5.32 Å². The zero-order valence-corrected chi connectivity index (χ0v) is 12.3. The van der Waals surface area contributed by atoms with Crippen LogP contribution in [0.4, 0.5) is 0 Å². The first-order valence-corrected chi connectivity index (χ1v) is 7.42. The van der Waals surface area contributed by atoms with Crippen molar-refractivity contribution in [3.63, 3.8) is 0 Å². The Hall–Kier alpha value is -0.820. The number of hydrogen-bond acceptors (Lipinski definition) is 1. The van der Waals surface area contributed by atoms with Gasteiger partial charge in [0.15, 0.2) is 0 Å². The number of nitrogens with one attached hydrogen (secondary N) is 1. The third-order valence-electron chi connectivity index (χ3n) is 4.78. The maximum absolute atomic E-state index is 3.73. The van der Waals surface area contributed by atoms with E-state index >= 15 is 0 Å². The van der Waals surface area contributed by atoms with Gasteiger partial charge in [0.2, 0.25) is 0 Å². The van der Waals surface area contributed by atoms with Crippen molar-refractivity contribution in [1.82, 2.24) is 5.32 Å². The Bertz CT molecular complexity index is 400. The maximum Gasteiger partial charge on any atom is 0.00727 e. The zero-order chi connectivity index (χ0) is 13.2. The highest BCUT2D eigenvalue weighted by atomic mass is 15.0. The summed E-state index contributed by atoms with van der Waals surface area (Å²) in [5, 5.41) is 3.73. The normalized spacial score (nSPS) is 16.0. The topological polar surface area (TPSA) is 12.0 Å². The first-order chi connectivity index (χ1) is 8.61. The second kappa shape index (κ2) is 5.44. The van der Waals surface area contributed by atoms with Crippen molar-refractivity contribution in [3.05, 3.63) is 34.9 Å². The molecule has 0 bridgehead atoms. The fourth-order valence-corrected chi connectivity index (χ4v) is 2.71. The average Bonchev–Trinajstić information content (AvgIpc) is 3.19. The fraction of sp³-hybridized carbons (Fsp3) is 0.647. The van der Waals surface area contributed by atoms with Crippen molar-refractivity contribution in [2.45, 2.75) is 64.8 Å². The monoisotopic (exact) mass is 245 g/mol. The van der Waals surface area contributed by atoms with E-state index in [1.54, 1.807) is 0 Å². The highest BCUT2D eigenvalue weighted by Gasteiger charge is 2.31. The van der Waals surface area contributed by atoms with E-state index in [1.807, 2.05) is 0 Å². The lowest BCUT2D eigenvalue weighted by Gasteiger charge is -2.33. The smallest absolute Gasteiger partial charge is 0.00727 e. The van der Waals surface area contributed by atoms with Gasteiger partial charge in [-0.3, -0.25) is 0 Å². The molecule has 0 spiro atoms. The Morgan fingerprint density at radius 3 is 2.28 bits per heavy atom. The largest absolute Gasteiger partial charge is 0.313 e. The summed E-state index contributed by atoms with van der Waals surface area (Å²) in [5.74, 6) is 0. The van der Waals surface area contributed by atoms with E-state index in [9.17, 15) is 0 Å². The van der Waals surface area contributed by atoms with Crippen LogP contribution in [0.1, 0.15) is 56.2 Å². The van der Waals surface area contributed by atoms with Gasteiger partial charge in [0, 0.05) is 18.0 Å². The molecule has 1 aromatic rings. The molecule has 1 aromatic carbocycles. The van der Waals surface area contributed by atoms with Gasteiger partial charge in [-0.2, -0.15) is 0 Å². The molecule has 0 radical (unpaired) electrons. The molecule has 0 amide bonds. The van der Waals surface area contributed by atoms with E-state index in [0.29, 0.717) is 5.41 Å². The van der Waals surface area contributed by atoms with E-state index < -0.39 is 0 Å². The van der Waals surface area contributed by atoms with Crippen molar-refractivity contribution in [1.29, 1.82) is 0 Å². The molecule has 0 aromatic heterocycles. The predicted molar refractivity (Wildman–Crippen MR) is 79.2 cm³/mol. The van der Waals surface area contributed by atoms with Gasteiger partial charge in [0.05, 0.1) is 0 Å². The lowest BCUT2D eigenvalue weighted by atomic mass is 9.75. The molecule has 18 heavy (non-hydrogen) atoms. The van der Waals surface area contributed by atoms with Gasteiger partial charge in [-0.25, -0.2) is 0 Å². The summed E-state index contributed by atoms with van der Waals surface area (Å²) in [4.78, 5) is 0. The molecule has 0 saturated heterocycles. The van der Waals surface area contributed by atoms with E-state index in [-0.39, 0.29) is 0 Å². The van der Waals surface area contributed by atoms with Gasteiger partial charge in [0.1, 0.15) is 0 Å². The molecule has 1 saturated carbocycles. The minimum absolute atomic E-state index is 0.320. The van der Waals surface area contributed by atoms with Crippen LogP contribution in [0.3, 0.4) is 0 Å². The Morgan fingerprint density at radius 1 is 1.11 bits per heavy atom.